The average molecular weight is 354 g/mol. The van der Waals surface area contributed by atoms with E-state index < -0.39 is 4.92 Å². The molecule has 0 radical (unpaired) electrons. The molecule has 1 heterocycles. The summed E-state index contributed by atoms with van der Waals surface area (Å²) in [6, 6.07) is 4.90. The first-order valence-corrected chi connectivity index (χ1v) is 7.16. The van der Waals surface area contributed by atoms with E-state index in [2.05, 4.69) is 31.6 Å². The lowest BCUT2D eigenvalue weighted by atomic mass is 10.1. The summed E-state index contributed by atoms with van der Waals surface area (Å²) in [7, 11) is 0. The summed E-state index contributed by atoms with van der Waals surface area (Å²) in [5.41, 5.74) is 1.34. The molecular formula is C13H16BrN5O2. The van der Waals surface area contributed by atoms with Crippen LogP contribution in [0.2, 0.25) is 0 Å². The lowest BCUT2D eigenvalue weighted by molar-refractivity contribution is -0.385. The topological polar surface area (TPSA) is 85.9 Å². The third-order valence-electron chi connectivity index (χ3n) is 2.84. The van der Waals surface area contributed by atoms with Gasteiger partial charge < -0.3 is 5.32 Å². The maximum atomic E-state index is 10.9. The monoisotopic (exact) mass is 353 g/mol. The van der Waals surface area contributed by atoms with Crippen molar-refractivity contribution in [3.63, 3.8) is 0 Å². The second-order valence-corrected chi connectivity index (χ2v) is 6.46. The highest BCUT2D eigenvalue weighted by Gasteiger charge is 2.15. The van der Waals surface area contributed by atoms with Crippen LogP contribution >= 0.6 is 15.9 Å². The van der Waals surface area contributed by atoms with Gasteiger partial charge in [0.15, 0.2) is 0 Å². The van der Waals surface area contributed by atoms with Crippen LogP contribution < -0.4 is 5.32 Å². The fourth-order valence-electron chi connectivity index (χ4n) is 1.66. The van der Waals surface area contributed by atoms with E-state index in [9.17, 15) is 10.1 Å². The zero-order valence-electron chi connectivity index (χ0n) is 12.0. The summed E-state index contributed by atoms with van der Waals surface area (Å²) >= 11 is 3.16. The van der Waals surface area contributed by atoms with Crippen molar-refractivity contribution in [1.82, 2.24) is 15.0 Å². The molecule has 0 atom stereocenters. The fraction of sp³-hybridized carbons (Fsp3) is 0.385. The quantitative estimate of drug-likeness (QED) is 0.672. The van der Waals surface area contributed by atoms with Gasteiger partial charge in [0.2, 0.25) is 0 Å². The molecule has 0 aliphatic carbocycles. The van der Waals surface area contributed by atoms with Gasteiger partial charge in [-0.1, -0.05) is 5.21 Å². The van der Waals surface area contributed by atoms with Crippen molar-refractivity contribution in [3.8, 4) is 0 Å². The summed E-state index contributed by atoms with van der Waals surface area (Å²) in [6.07, 6.45) is 1.86. The lowest BCUT2D eigenvalue weighted by Crippen LogP contribution is -2.22. The van der Waals surface area contributed by atoms with Gasteiger partial charge >= 0.3 is 0 Å². The highest BCUT2D eigenvalue weighted by atomic mass is 79.9. The highest BCUT2D eigenvalue weighted by Crippen LogP contribution is 2.27. The third-order valence-corrected chi connectivity index (χ3v) is 3.52. The van der Waals surface area contributed by atoms with Crippen molar-refractivity contribution in [2.45, 2.75) is 32.9 Å². The molecule has 2 aromatic rings. The van der Waals surface area contributed by atoms with Crippen LogP contribution in [0.1, 0.15) is 26.5 Å². The van der Waals surface area contributed by atoms with Crippen molar-refractivity contribution in [2.75, 3.05) is 5.32 Å². The Balaban J connectivity index is 2.08. The molecule has 0 amide bonds. The third kappa shape index (κ3) is 3.78. The predicted octanol–water partition coefficient (Wildman–Crippen LogP) is 3.32. The molecule has 7 nitrogen and oxygen atoms in total. The number of benzene rings is 1. The number of nitro groups is 1. The van der Waals surface area contributed by atoms with Crippen LogP contribution in [0.3, 0.4) is 0 Å². The smallest absolute Gasteiger partial charge is 0.285 e. The number of nitrogens with one attached hydrogen (secondary N) is 1. The van der Waals surface area contributed by atoms with Crippen LogP contribution in [0.4, 0.5) is 11.4 Å². The zero-order chi connectivity index (χ0) is 15.6. The molecule has 112 valence electrons. The van der Waals surface area contributed by atoms with E-state index in [0.717, 1.165) is 5.69 Å². The van der Waals surface area contributed by atoms with Crippen LogP contribution in [-0.4, -0.2) is 19.9 Å². The Kier molecular flexibility index (Phi) is 4.26. The van der Waals surface area contributed by atoms with Crippen LogP contribution in [0, 0.1) is 10.1 Å². The first kappa shape index (κ1) is 15.4. The maximum Gasteiger partial charge on any atom is 0.285 e. The van der Waals surface area contributed by atoms with Gasteiger partial charge in [0.05, 0.1) is 27.7 Å². The van der Waals surface area contributed by atoms with Crippen molar-refractivity contribution in [1.29, 1.82) is 0 Å². The molecule has 0 saturated heterocycles. The Labute approximate surface area is 130 Å². The molecule has 0 aliphatic heterocycles. The molecule has 0 aliphatic rings. The second kappa shape index (κ2) is 5.80. The molecule has 0 fully saturated rings. The second-order valence-electron chi connectivity index (χ2n) is 5.60. The summed E-state index contributed by atoms with van der Waals surface area (Å²) in [6.45, 7) is 6.57. The summed E-state index contributed by atoms with van der Waals surface area (Å²) in [4.78, 5) is 10.5. The fourth-order valence-corrected chi connectivity index (χ4v) is 2.05. The number of hydrogen-bond donors (Lipinski definition) is 1. The van der Waals surface area contributed by atoms with Crippen LogP contribution in [0.15, 0.2) is 28.9 Å². The minimum atomic E-state index is -0.425. The Bertz CT molecular complexity index is 663. The van der Waals surface area contributed by atoms with Gasteiger partial charge in [-0.05, 0) is 48.8 Å². The Hall–Kier alpha value is -1.96. The first-order chi connectivity index (χ1) is 9.77. The Morgan fingerprint density at radius 1 is 1.43 bits per heavy atom. The largest absolute Gasteiger partial charge is 0.379 e. The van der Waals surface area contributed by atoms with E-state index in [1.807, 2.05) is 27.0 Å². The van der Waals surface area contributed by atoms with Gasteiger partial charge in [-0.2, -0.15) is 0 Å². The van der Waals surface area contributed by atoms with Crippen molar-refractivity contribution in [3.05, 3.63) is 44.7 Å². The number of rotatable bonds is 4. The van der Waals surface area contributed by atoms with Crippen LogP contribution in [0.5, 0.6) is 0 Å². The standard InChI is InChI=1S/C13H16BrN5O2/c1-13(2,3)18-8-10(16-17-18)7-15-9-4-5-11(14)12(6-9)19(20)21/h4-6,8,15H,7H2,1-3H3. The summed E-state index contributed by atoms with van der Waals surface area (Å²) in [5, 5.41) is 22.1. The SMILES string of the molecule is CC(C)(C)n1cc(CNc2ccc(Br)c([N+](=O)[O-])c2)nn1. The van der Waals surface area contributed by atoms with E-state index in [4.69, 9.17) is 0 Å². The Morgan fingerprint density at radius 3 is 2.71 bits per heavy atom. The lowest BCUT2D eigenvalue weighted by Gasteiger charge is -2.17. The van der Waals surface area contributed by atoms with E-state index in [0.29, 0.717) is 16.7 Å². The van der Waals surface area contributed by atoms with Crippen LogP contribution in [-0.2, 0) is 12.1 Å². The first-order valence-electron chi connectivity index (χ1n) is 6.37. The summed E-state index contributed by atoms with van der Waals surface area (Å²) in [5.74, 6) is 0. The minimum Gasteiger partial charge on any atom is -0.379 e. The number of hydrogen-bond acceptors (Lipinski definition) is 5. The number of nitro benzene ring substituents is 1. The van der Waals surface area contributed by atoms with Gasteiger partial charge in [0.1, 0.15) is 5.69 Å². The highest BCUT2D eigenvalue weighted by molar-refractivity contribution is 9.10. The Morgan fingerprint density at radius 2 is 2.14 bits per heavy atom. The summed E-state index contributed by atoms with van der Waals surface area (Å²) < 4.78 is 2.24. The zero-order valence-corrected chi connectivity index (χ0v) is 13.6. The number of halogens is 1. The van der Waals surface area contributed by atoms with Gasteiger partial charge in [-0.3, -0.25) is 10.1 Å². The average Bonchev–Trinajstić information content (AvgIpc) is 2.86. The van der Waals surface area contributed by atoms with E-state index >= 15 is 0 Å². The predicted molar refractivity (Wildman–Crippen MR) is 83.1 cm³/mol. The minimum absolute atomic E-state index is 0.0262. The van der Waals surface area contributed by atoms with Crippen molar-refractivity contribution >= 4 is 27.3 Å². The molecule has 1 N–H and O–H groups in total. The molecule has 0 spiro atoms. The molecule has 0 saturated carbocycles. The van der Waals surface area contributed by atoms with Gasteiger partial charge in [0, 0.05) is 11.8 Å². The normalized spacial score (nSPS) is 11.4. The maximum absolute atomic E-state index is 10.9. The molecule has 8 heteroatoms. The molecule has 0 unspecified atom stereocenters. The van der Waals surface area contributed by atoms with Gasteiger partial charge in [0.25, 0.3) is 5.69 Å². The number of nitrogens with zero attached hydrogens (tertiary/aromatic N) is 4. The molecule has 2 rings (SSSR count). The van der Waals surface area contributed by atoms with E-state index in [1.165, 1.54) is 6.07 Å². The van der Waals surface area contributed by atoms with E-state index in [-0.39, 0.29) is 11.2 Å². The number of anilines is 1. The van der Waals surface area contributed by atoms with Gasteiger partial charge in [-0.25, -0.2) is 4.68 Å². The molecule has 0 bridgehead atoms. The van der Waals surface area contributed by atoms with Crippen LogP contribution in [0.25, 0.3) is 0 Å². The molecular weight excluding hydrogens is 338 g/mol. The number of aromatic nitrogens is 3. The molecule has 1 aromatic carbocycles. The molecule has 1 aromatic heterocycles. The van der Waals surface area contributed by atoms with E-state index in [1.54, 1.807) is 16.8 Å². The van der Waals surface area contributed by atoms with Gasteiger partial charge in [-0.15, -0.1) is 5.10 Å². The van der Waals surface area contributed by atoms with Crippen molar-refractivity contribution < 1.29 is 4.92 Å². The molecule has 21 heavy (non-hydrogen) atoms. The van der Waals surface area contributed by atoms with Crippen molar-refractivity contribution in [2.24, 2.45) is 0 Å².